The van der Waals surface area contributed by atoms with Crippen molar-refractivity contribution in [2.75, 3.05) is 32.8 Å². The van der Waals surface area contributed by atoms with E-state index in [1.54, 1.807) is 33.1 Å². The number of benzene rings is 1. The fourth-order valence-electron chi connectivity index (χ4n) is 3.27. The molecule has 0 saturated carbocycles. The van der Waals surface area contributed by atoms with Gasteiger partial charge in [-0.15, -0.1) is 5.10 Å². The third-order valence-corrected chi connectivity index (χ3v) is 5.50. The molecule has 9 heteroatoms. The Kier molecular flexibility index (Phi) is 6.91. The SMILES string of the molecule is COc1ccc2[nH]c(CCCCCCSc3n[nH]c(N)n3)c(OC)c2c1OC. The first-order valence-corrected chi connectivity index (χ1v) is 10.3. The number of fused-ring (bicyclic) bond motifs is 1. The summed E-state index contributed by atoms with van der Waals surface area (Å²) in [7, 11) is 4.98. The van der Waals surface area contributed by atoms with E-state index >= 15 is 0 Å². The number of hydrogen-bond donors (Lipinski definition) is 3. The van der Waals surface area contributed by atoms with Crippen LogP contribution in [0.15, 0.2) is 17.3 Å². The number of methoxy groups -OCH3 is 3. The molecule has 0 aliphatic heterocycles. The van der Waals surface area contributed by atoms with Gasteiger partial charge in [-0.3, -0.25) is 0 Å². The van der Waals surface area contributed by atoms with Gasteiger partial charge in [-0.05, 0) is 31.4 Å². The van der Waals surface area contributed by atoms with E-state index in [-0.39, 0.29) is 0 Å². The van der Waals surface area contributed by atoms with Crippen molar-refractivity contribution in [2.45, 2.75) is 37.3 Å². The Labute approximate surface area is 168 Å². The van der Waals surface area contributed by atoms with Crippen molar-refractivity contribution < 1.29 is 14.2 Å². The molecule has 152 valence electrons. The van der Waals surface area contributed by atoms with Crippen LogP contribution < -0.4 is 19.9 Å². The topological polar surface area (TPSA) is 111 Å². The monoisotopic (exact) mass is 405 g/mol. The number of ether oxygens (including phenoxy) is 3. The fourth-order valence-corrected chi connectivity index (χ4v) is 4.08. The van der Waals surface area contributed by atoms with Gasteiger partial charge in [-0.2, -0.15) is 4.98 Å². The van der Waals surface area contributed by atoms with Gasteiger partial charge in [-0.25, -0.2) is 5.10 Å². The largest absolute Gasteiger partial charge is 0.494 e. The molecule has 0 aliphatic rings. The van der Waals surface area contributed by atoms with Crippen LogP contribution in [0.25, 0.3) is 10.9 Å². The number of nitrogen functional groups attached to an aromatic ring is 1. The van der Waals surface area contributed by atoms with Crippen LogP contribution in [0.2, 0.25) is 0 Å². The van der Waals surface area contributed by atoms with Crippen molar-refractivity contribution in [3.05, 3.63) is 17.8 Å². The first-order valence-electron chi connectivity index (χ1n) is 9.28. The number of aromatic nitrogens is 4. The smallest absolute Gasteiger partial charge is 0.216 e. The summed E-state index contributed by atoms with van der Waals surface area (Å²) in [6.07, 6.45) is 5.44. The summed E-state index contributed by atoms with van der Waals surface area (Å²) in [5.74, 6) is 3.59. The number of nitrogens with zero attached hydrogens (tertiary/aromatic N) is 2. The second-order valence-corrected chi connectivity index (χ2v) is 7.44. The first kappa shape index (κ1) is 20.2. The highest BCUT2D eigenvalue weighted by molar-refractivity contribution is 7.99. The van der Waals surface area contributed by atoms with Gasteiger partial charge in [0.05, 0.1) is 37.9 Å². The number of thioether (sulfide) groups is 1. The average Bonchev–Trinajstić information content (AvgIpc) is 3.28. The Balaban J connectivity index is 1.52. The molecule has 28 heavy (non-hydrogen) atoms. The van der Waals surface area contributed by atoms with E-state index in [1.807, 2.05) is 12.1 Å². The molecule has 0 bridgehead atoms. The number of aromatic amines is 2. The van der Waals surface area contributed by atoms with E-state index in [0.717, 1.165) is 60.2 Å². The number of aryl methyl sites for hydroxylation is 1. The molecule has 4 N–H and O–H groups in total. The summed E-state index contributed by atoms with van der Waals surface area (Å²) in [5.41, 5.74) is 7.60. The molecule has 0 radical (unpaired) electrons. The predicted octanol–water partition coefficient (Wildman–Crippen LogP) is 3.79. The van der Waals surface area contributed by atoms with E-state index in [2.05, 4.69) is 20.2 Å². The van der Waals surface area contributed by atoms with Crippen molar-refractivity contribution in [1.29, 1.82) is 0 Å². The van der Waals surface area contributed by atoms with Gasteiger partial charge in [0, 0.05) is 5.75 Å². The summed E-state index contributed by atoms with van der Waals surface area (Å²) in [6.45, 7) is 0. The van der Waals surface area contributed by atoms with Crippen molar-refractivity contribution in [2.24, 2.45) is 0 Å². The number of rotatable bonds is 11. The van der Waals surface area contributed by atoms with Crippen LogP contribution in [0.4, 0.5) is 5.95 Å². The van der Waals surface area contributed by atoms with Gasteiger partial charge in [0.15, 0.2) is 17.2 Å². The van der Waals surface area contributed by atoms with Crippen molar-refractivity contribution in [3.63, 3.8) is 0 Å². The molecule has 0 atom stereocenters. The van der Waals surface area contributed by atoms with Gasteiger partial charge >= 0.3 is 0 Å². The molecule has 0 fully saturated rings. The van der Waals surface area contributed by atoms with Crippen molar-refractivity contribution in [3.8, 4) is 17.2 Å². The fraction of sp³-hybridized carbons (Fsp3) is 0.474. The maximum atomic E-state index is 5.69. The quantitative estimate of drug-likeness (QED) is 0.329. The maximum absolute atomic E-state index is 5.69. The number of nitrogens with one attached hydrogen (secondary N) is 2. The predicted molar refractivity (Wildman–Crippen MR) is 112 cm³/mol. The van der Waals surface area contributed by atoms with E-state index < -0.39 is 0 Å². The number of nitrogens with two attached hydrogens (primary N) is 1. The standard InChI is InChI=1S/C19H27N5O3S/c1-25-14-10-9-12-15(17(14)27-3)16(26-2)13(21-12)8-6-4-5-7-11-28-19-22-18(20)23-24-19/h9-10,21H,4-8,11H2,1-3H3,(H3,20,22,23,24). The van der Waals surface area contributed by atoms with Crippen LogP contribution >= 0.6 is 11.8 Å². The molecule has 0 unspecified atom stereocenters. The van der Waals surface area contributed by atoms with Crippen LogP contribution in [-0.4, -0.2) is 47.2 Å². The number of unbranched alkanes of at least 4 members (excludes halogenated alkanes) is 3. The van der Waals surface area contributed by atoms with Gasteiger partial charge in [-0.1, -0.05) is 24.6 Å². The van der Waals surface area contributed by atoms with Crippen LogP contribution in [-0.2, 0) is 6.42 Å². The third-order valence-electron chi connectivity index (χ3n) is 4.57. The maximum Gasteiger partial charge on any atom is 0.216 e. The highest BCUT2D eigenvalue weighted by atomic mass is 32.2. The number of anilines is 1. The molecule has 3 aromatic rings. The Bertz CT molecular complexity index is 908. The van der Waals surface area contributed by atoms with Gasteiger partial charge in [0.2, 0.25) is 11.1 Å². The molecule has 0 amide bonds. The van der Waals surface area contributed by atoms with Crippen LogP contribution in [0, 0.1) is 0 Å². The molecule has 2 heterocycles. The minimum Gasteiger partial charge on any atom is -0.494 e. The van der Waals surface area contributed by atoms with Crippen molar-refractivity contribution in [1.82, 2.24) is 20.2 Å². The summed E-state index contributed by atoms with van der Waals surface area (Å²) in [4.78, 5) is 7.56. The second-order valence-electron chi connectivity index (χ2n) is 6.38. The zero-order valence-corrected chi connectivity index (χ0v) is 17.3. The second kappa shape index (κ2) is 9.59. The van der Waals surface area contributed by atoms with Gasteiger partial charge in [0.25, 0.3) is 0 Å². The molecule has 2 aromatic heterocycles. The van der Waals surface area contributed by atoms with Gasteiger partial charge in [0.1, 0.15) is 0 Å². The lowest BCUT2D eigenvalue weighted by molar-refractivity contribution is 0.356. The van der Waals surface area contributed by atoms with E-state index in [0.29, 0.717) is 22.6 Å². The third kappa shape index (κ3) is 4.46. The van der Waals surface area contributed by atoms with E-state index in [9.17, 15) is 0 Å². The van der Waals surface area contributed by atoms with Crippen molar-refractivity contribution >= 4 is 28.6 Å². The Morgan fingerprint density at radius 2 is 1.79 bits per heavy atom. The van der Waals surface area contributed by atoms with Crippen LogP contribution in [0.3, 0.4) is 0 Å². The molecule has 8 nitrogen and oxygen atoms in total. The normalized spacial score (nSPS) is 11.1. The minimum atomic E-state index is 0.365. The Morgan fingerprint density at radius 1 is 1.00 bits per heavy atom. The average molecular weight is 406 g/mol. The molecular formula is C19H27N5O3S. The zero-order valence-electron chi connectivity index (χ0n) is 16.5. The zero-order chi connectivity index (χ0) is 19.9. The molecule has 0 spiro atoms. The van der Waals surface area contributed by atoms with E-state index in [4.69, 9.17) is 19.9 Å². The lowest BCUT2D eigenvalue weighted by Crippen LogP contribution is -1.93. The highest BCUT2D eigenvalue weighted by Crippen LogP contribution is 2.42. The Hall–Kier alpha value is -2.55. The summed E-state index contributed by atoms with van der Waals surface area (Å²) < 4.78 is 16.7. The summed E-state index contributed by atoms with van der Waals surface area (Å²) in [5, 5.41) is 8.31. The molecule has 0 aliphatic carbocycles. The summed E-state index contributed by atoms with van der Waals surface area (Å²) >= 11 is 1.63. The minimum absolute atomic E-state index is 0.365. The van der Waals surface area contributed by atoms with Crippen LogP contribution in [0.5, 0.6) is 17.2 Å². The summed E-state index contributed by atoms with van der Waals surface area (Å²) in [6, 6.07) is 3.90. The lowest BCUT2D eigenvalue weighted by Gasteiger charge is -2.10. The Morgan fingerprint density at radius 3 is 2.46 bits per heavy atom. The number of hydrogen-bond acceptors (Lipinski definition) is 7. The molecule has 0 saturated heterocycles. The van der Waals surface area contributed by atoms with E-state index in [1.165, 1.54) is 0 Å². The highest BCUT2D eigenvalue weighted by Gasteiger charge is 2.19. The molecule has 3 rings (SSSR count). The van der Waals surface area contributed by atoms with Crippen LogP contribution in [0.1, 0.15) is 31.4 Å². The lowest BCUT2D eigenvalue weighted by atomic mass is 10.1. The first-order chi connectivity index (χ1) is 13.7. The molecular weight excluding hydrogens is 378 g/mol. The number of H-pyrrole nitrogens is 2. The van der Waals surface area contributed by atoms with Gasteiger partial charge < -0.3 is 24.9 Å². The molecule has 1 aromatic carbocycles.